The highest BCUT2D eigenvalue weighted by Gasteiger charge is 2.46. The van der Waals surface area contributed by atoms with E-state index in [-0.39, 0.29) is 11.3 Å². The van der Waals surface area contributed by atoms with E-state index in [9.17, 15) is 14.3 Å². The average Bonchev–Trinajstić information content (AvgIpc) is 2.63. The zero-order chi connectivity index (χ0) is 17.9. The summed E-state index contributed by atoms with van der Waals surface area (Å²) in [6.45, 7) is 4.58. The molecule has 0 aromatic carbocycles. The maximum atomic E-state index is 13.1. The van der Waals surface area contributed by atoms with Crippen molar-refractivity contribution in [1.82, 2.24) is 14.9 Å². The lowest BCUT2D eigenvalue weighted by Gasteiger charge is -2.51. The van der Waals surface area contributed by atoms with Crippen LogP contribution in [0, 0.1) is 11.2 Å². The minimum atomic E-state index is -0.460. The van der Waals surface area contributed by atoms with Gasteiger partial charge in [0.1, 0.15) is 0 Å². The summed E-state index contributed by atoms with van der Waals surface area (Å²) in [6.07, 6.45) is 4.25. The first-order valence-electron chi connectivity index (χ1n) is 8.80. The van der Waals surface area contributed by atoms with Gasteiger partial charge in [0.2, 0.25) is 11.9 Å². The van der Waals surface area contributed by atoms with Gasteiger partial charge in [0.25, 0.3) is 0 Å². The van der Waals surface area contributed by atoms with Crippen LogP contribution >= 0.6 is 11.8 Å². The van der Waals surface area contributed by atoms with Gasteiger partial charge in [0.15, 0.2) is 5.82 Å². The van der Waals surface area contributed by atoms with E-state index >= 15 is 0 Å². The second kappa shape index (κ2) is 7.86. The first-order chi connectivity index (χ1) is 12.0. The zero-order valence-electron chi connectivity index (χ0n) is 14.5. The third kappa shape index (κ3) is 4.06. The van der Waals surface area contributed by atoms with Gasteiger partial charge in [-0.1, -0.05) is 6.92 Å². The third-order valence-electron chi connectivity index (χ3n) is 5.17. The summed E-state index contributed by atoms with van der Waals surface area (Å²) >= 11 is 1.62. The van der Waals surface area contributed by atoms with Crippen LogP contribution in [0.15, 0.2) is 12.4 Å². The number of rotatable bonds is 4. The van der Waals surface area contributed by atoms with Crippen molar-refractivity contribution in [3.8, 4) is 0 Å². The Kier molecular flexibility index (Phi) is 5.78. The largest absolute Gasteiger partial charge is 0.392 e. The van der Waals surface area contributed by atoms with E-state index < -0.39 is 11.9 Å². The lowest BCUT2D eigenvalue weighted by atomic mass is 9.71. The molecule has 1 amide bonds. The summed E-state index contributed by atoms with van der Waals surface area (Å²) in [5.41, 5.74) is -0.360. The number of nitrogens with zero attached hydrogens (tertiary/aromatic N) is 4. The molecule has 1 aromatic heterocycles. The van der Waals surface area contributed by atoms with Crippen LogP contribution in [0.3, 0.4) is 0 Å². The van der Waals surface area contributed by atoms with E-state index in [1.807, 2.05) is 16.7 Å². The van der Waals surface area contributed by atoms with Crippen molar-refractivity contribution in [2.24, 2.45) is 5.41 Å². The molecule has 25 heavy (non-hydrogen) atoms. The summed E-state index contributed by atoms with van der Waals surface area (Å²) in [6, 6.07) is 0. The van der Waals surface area contributed by atoms with Crippen LogP contribution in [-0.2, 0) is 4.79 Å². The minimum Gasteiger partial charge on any atom is -0.392 e. The summed E-state index contributed by atoms with van der Waals surface area (Å²) in [4.78, 5) is 24.5. The standard InChI is InChI=1S/C17H25FN4O2S/c1-2-25-10-15(24)21-6-3-5-17(11-21)12-22(7-4-14(17)23)16-19-8-13(18)9-20-16/h8-9,14,23H,2-7,10-12H2,1H3/t14-,17+/m1/s1. The molecule has 2 aliphatic rings. The zero-order valence-corrected chi connectivity index (χ0v) is 15.3. The maximum Gasteiger partial charge on any atom is 0.232 e. The molecule has 1 N–H and O–H groups in total. The minimum absolute atomic E-state index is 0.147. The van der Waals surface area contributed by atoms with Gasteiger partial charge in [0, 0.05) is 31.6 Å². The van der Waals surface area contributed by atoms with Gasteiger partial charge in [-0.3, -0.25) is 4.79 Å². The lowest BCUT2D eigenvalue weighted by Crippen LogP contribution is -2.60. The molecule has 3 heterocycles. The predicted octanol–water partition coefficient (Wildman–Crippen LogP) is 1.55. The normalized spacial score (nSPS) is 26.9. The Morgan fingerprint density at radius 1 is 1.40 bits per heavy atom. The Balaban J connectivity index is 1.73. The van der Waals surface area contributed by atoms with Crippen LogP contribution in [0.25, 0.3) is 0 Å². The van der Waals surface area contributed by atoms with Crippen molar-refractivity contribution in [1.29, 1.82) is 0 Å². The van der Waals surface area contributed by atoms with Crippen LogP contribution in [0.4, 0.5) is 10.3 Å². The molecule has 2 atom stereocenters. The van der Waals surface area contributed by atoms with E-state index in [1.54, 1.807) is 11.8 Å². The number of likely N-dealkylation sites (tertiary alicyclic amines) is 1. The molecule has 0 saturated carbocycles. The SMILES string of the molecule is CCSCC(=O)N1CCC[C@]2(C1)CN(c1ncc(F)cn1)CC[C@H]2O. The van der Waals surface area contributed by atoms with Crippen LogP contribution in [0.1, 0.15) is 26.2 Å². The first-order valence-corrected chi connectivity index (χ1v) is 9.95. The van der Waals surface area contributed by atoms with Gasteiger partial charge in [-0.25, -0.2) is 14.4 Å². The number of aromatic nitrogens is 2. The molecule has 8 heteroatoms. The van der Waals surface area contributed by atoms with Crippen molar-refractivity contribution >= 4 is 23.6 Å². The summed E-state index contributed by atoms with van der Waals surface area (Å²) in [7, 11) is 0. The van der Waals surface area contributed by atoms with Gasteiger partial charge in [-0.15, -0.1) is 0 Å². The number of anilines is 1. The fourth-order valence-corrected chi connectivity index (χ4v) is 4.40. The highest BCUT2D eigenvalue weighted by molar-refractivity contribution is 7.99. The van der Waals surface area contributed by atoms with Crippen LogP contribution < -0.4 is 4.90 Å². The van der Waals surface area contributed by atoms with Crippen molar-refractivity contribution in [3.05, 3.63) is 18.2 Å². The van der Waals surface area contributed by atoms with Crippen LogP contribution in [0.5, 0.6) is 0 Å². The Bertz CT molecular complexity index is 603. The Hall–Kier alpha value is -1.41. The highest BCUT2D eigenvalue weighted by atomic mass is 32.2. The molecular formula is C17H25FN4O2S. The number of carbonyl (C=O) groups is 1. The van der Waals surface area contributed by atoms with E-state index in [1.165, 1.54) is 12.4 Å². The summed E-state index contributed by atoms with van der Waals surface area (Å²) < 4.78 is 13.1. The number of thioether (sulfide) groups is 1. The number of aliphatic hydroxyl groups excluding tert-OH is 1. The van der Waals surface area contributed by atoms with Crippen molar-refractivity contribution < 1.29 is 14.3 Å². The van der Waals surface area contributed by atoms with Gasteiger partial charge >= 0.3 is 0 Å². The number of amides is 1. The fourth-order valence-electron chi connectivity index (χ4n) is 3.84. The Labute approximate surface area is 151 Å². The number of hydrogen-bond donors (Lipinski definition) is 1. The van der Waals surface area contributed by atoms with Crippen LogP contribution in [0.2, 0.25) is 0 Å². The van der Waals surface area contributed by atoms with Gasteiger partial charge in [-0.2, -0.15) is 11.8 Å². The molecule has 2 aliphatic heterocycles. The van der Waals surface area contributed by atoms with E-state index in [4.69, 9.17) is 0 Å². The van der Waals surface area contributed by atoms with Crippen LogP contribution in [-0.4, -0.2) is 69.7 Å². The second-order valence-electron chi connectivity index (χ2n) is 6.85. The molecular weight excluding hydrogens is 343 g/mol. The second-order valence-corrected chi connectivity index (χ2v) is 8.12. The molecule has 138 valence electrons. The quantitative estimate of drug-likeness (QED) is 0.870. The summed E-state index contributed by atoms with van der Waals surface area (Å²) in [5.74, 6) is 1.58. The average molecular weight is 368 g/mol. The molecule has 3 rings (SSSR count). The van der Waals surface area contributed by atoms with Gasteiger partial charge in [0.05, 0.1) is 24.3 Å². The topological polar surface area (TPSA) is 69.6 Å². The molecule has 0 bridgehead atoms. The Morgan fingerprint density at radius 3 is 2.88 bits per heavy atom. The monoisotopic (exact) mass is 368 g/mol. The smallest absolute Gasteiger partial charge is 0.232 e. The third-order valence-corrected chi connectivity index (χ3v) is 6.02. The highest BCUT2D eigenvalue weighted by Crippen LogP contribution is 2.39. The number of carbonyl (C=O) groups excluding carboxylic acids is 1. The molecule has 0 unspecified atom stereocenters. The molecule has 0 aliphatic carbocycles. The molecule has 2 saturated heterocycles. The van der Waals surface area contributed by atoms with E-state index in [0.29, 0.717) is 37.8 Å². The van der Waals surface area contributed by atoms with Gasteiger partial charge in [-0.05, 0) is 25.0 Å². The molecule has 2 fully saturated rings. The fraction of sp³-hybridized carbons (Fsp3) is 0.706. The number of piperidine rings is 2. The van der Waals surface area contributed by atoms with E-state index in [0.717, 1.165) is 25.1 Å². The first kappa shape index (κ1) is 18.4. The number of halogens is 1. The molecule has 6 nitrogen and oxygen atoms in total. The lowest BCUT2D eigenvalue weighted by molar-refractivity contribution is -0.135. The molecule has 0 radical (unpaired) electrons. The summed E-state index contributed by atoms with van der Waals surface area (Å²) in [5, 5.41) is 10.7. The number of aliphatic hydroxyl groups is 1. The molecule has 1 spiro atoms. The van der Waals surface area contributed by atoms with Crippen molar-refractivity contribution in [2.45, 2.75) is 32.3 Å². The van der Waals surface area contributed by atoms with Crippen molar-refractivity contribution in [2.75, 3.05) is 42.6 Å². The number of hydrogen-bond acceptors (Lipinski definition) is 6. The van der Waals surface area contributed by atoms with E-state index in [2.05, 4.69) is 9.97 Å². The predicted molar refractivity (Wildman–Crippen MR) is 96.1 cm³/mol. The Morgan fingerprint density at radius 2 is 2.16 bits per heavy atom. The van der Waals surface area contributed by atoms with Crippen molar-refractivity contribution in [3.63, 3.8) is 0 Å². The van der Waals surface area contributed by atoms with Gasteiger partial charge < -0.3 is 14.9 Å². The maximum absolute atomic E-state index is 13.1. The molecule has 1 aromatic rings.